The minimum Gasteiger partial charge on any atom is -0.417 e. The molecule has 3 heteroatoms. The van der Waals surface area contributed by atoms with Crippen molar-refractivity contribution >= 4 is 8.32 Å². The maximum Gasteiger partial charge on any atom is 0.191 e. The quantitative estimate of drug-likeness (QED) is 0.177. The van der Waals surface area contributed by atoms with Gasteiger partial charge in [-0.3, -0.25) is 0 Å². The van der Waals surface area contributed by atoms with Crippen LogP contribution in [0.3, 0.4) is 0 Å². The van der Waals surface area contributed by atoms with Gasteiger partial charge in [0.05, 0.1) is 0 Å². The highest BCUT2D eigenvalue weighted by Gasteiger charge is 2.36. The molecule has 0 rings (SSSR count). The molecule has 0 radical (unpaired) electrons. The molecule has 0 amide bonds. The second-order valence-corrected chi connectivity index (χ2v) is 14.3. The van der Waals surface area contributed by atoms with Crippen molar-refractivity contribution in [3.8, 4) is 11.8 Å². The Labute approximate surface area is 172 Å². The molecule has 0 aromatic heterocycles. The first kappa shape index (κ1) is 26.7. The monoisotopic (exact) mass is 396 g/mol. The molecular weight excluding hydrogens is 348 g/mol. The number of unbranched alkanes of at least 4 members (excludes halogenated alkanes) is 10. The van der Waals surface area contributed by atoms with Crippen molar-refractivity contribution in [3.63, 3.8) is 0 Å². The molecule has 1 atom stereocenters. The van der Waals surface area contributed by atoms with Crippen molar-refractivity contribution in [1.82, 2.24) is 0 Å². The SMILES string of the molecule is CCCCC#CC(O)CCCCCCCCCCCO[Si](C)(C)C(C)(C)C. The number of aliphatic hydroxyl groups excluding tert-OH is 1. The molecule has 0 saturated heterocycles. The normalized spacial score (nSPS) is 13.3. The summed E-state index contributed by atoms with van der Waals surface area (Å²) in [6.07, 6.45) is 15.2. The summed E-state index contributed by atoms with van der Waals surface area (Å²) in [5.41, 5.74) is 0. The van der Waals surface area contributed by atoms with Gasteiger partial charge in [-0.05, 0) is 43.8 Å². The molecule has 0 aliphatic heterocycles. The van der Waals surface area contributed by atoms with E-state index >= 15 is 0 Å². The highest BCUT2D eigenvalue weighted by atomic mass is 28.4. The lowest BCUT2D eigenvalue weighted by molar-refractivity contribution is 0.217. The van der Waals surface area contributed by atoms with E-state index in [1.165, 1.54) is 57.8 Å². The second-order valence-electron chi connectivity index (χ2n) is 9.52. The Balaban J connectivity index is 3.40. The standard InChI is InChI=1S/C24H48O2Si/c1-7-8-9-17-20-23(25)21-18-15-13-11-10-12-14-16-19-22-26-27(5,6)24(2,3)4/h23,25H,7-16,18-19,21-22H2,1-6H3. The van der Waals surface area contributed by atoms with E-state index in [-0.39, 0.29) is 0 Å². The van der Waals surface area contributed by atoms with Crippen molar-refractivity contribution in [2.24, 2.45) is 0 Å². The van der Waals surface area contributed by atoms with Gasteiger partial charge in [-0.1, -0.05) is 85.0 Å². The van der Waals surface area contributed by atoms with Crippen LogP contribution in [0.4, 0.5) is 0 Å². The number of hydrogen-bond acceptors (Lipinski definition) is 2. The maximum absolute atomic E-state index is 9.81. The van der Waals surface area contributed by atoms with Gasteiger partial charge in [0, 0.05) is 13.0 Å². The zero-order chi connectivity index (χ0) is 20.6. The van der Waals surface area contributed by atoms with E-state index < -0.39 is 14.4 Å². The van der Waals surface area contributed by atoms with Crippen LogP contribution in [-0.2, 0) is 4.43 Å². The molecule has 2 nitrogen and oxygen atoms in total. The first-order chi connectivity index (χ1) is 12.7. The molecule has 0 heterocycles. The van der Waals surface area contributed by atoms with Gasteiger partial charge in [0.1, 0.15) is 6.10 Å². The molecule has 0 bridgehead atoms. The average molecular weight is 397 g/mol. The number of aliphatic hydroxyl groups is 1. The molecule has 0 spiro atoms. The lowest BCUT2D eigenvalue weighted by atomic mass is 10.1. The predicted octanol–water partition coefficient (Wildman–Crippen LogP) is 7.46. The first-order valence-corrected chi connectivity index (χ1v) is 14.4. The van der Waals surface area contributed by atoms with Crippen LogP contribution in [0.1, 0.15) is 111 Å². The number of rotatable bonds is 15. The second kappa shape index (κ2) is 15.6. The fourth-order valence-electron chi connectivity index (χ4n) is 2.75. The fourth-order valence-corrected chi connectivity index (χ4v) is 3.84. The van der Waals surface area contributed by atoms with Crippen molar-refractivity contribution in [2.45, 2.75) is 135 Å². The van der Waals surface area contributed by atoms with Crippen LogP contribution >= 0.6 is 0 Å². The molecular formula is C24H48O2Si. The molecule has 0 saturated carbocycles. The third-order valence-corrected chi connectivity index (χ3v) is 10.4. The molecule has 0 aliphatic rings. The van der Waals surface area contributed by atoms with E-state index in [0.717, 1.165) is 32.3 Å². The Morgan fingerprint density at radius 1 is 0.852 bits per heavy atom. The Hall–Kier alpha value is -0.303. The minimum absolute atomic E-state index is 0.324. The molecule has 0 aromatic carbocycles. The zero-order valence-electron chi connectivity index (χ0n) is 19.3. The van der Waals surface area contributed by atoms with Gasteiger partial charge in [-0.2, -0.15) is 0 Å². The van der Waals surface area contributed by atoms with E-state index in [2.05, 4.69) is 52.6 Å². The summed E-state index contributed by atoms with van der Waals surface area (Å²) < 4.78 is 6.23. The number of hydrogen-bond donors (Lipinski definition) is 1. The van der Waals surface area contributed by atoms with Crippen molar-refractivity contribution in [2.75, 3.05) is 6.61 Å². The molecule has 0 aliphatic carbocycles. The average Bonchev–Trinajstić information content (AvgIpc) is 2.58. The van der Waals surface area contributed by atoms with E-state index in [1.807, 2.05) is 0 Å². The predicted molar refractivity (Wildman–Crippen MR) is 123 cm³/mol. The van der Waals surface area contributed by atoms with E-state index in [0.29, 0.717) is 5.04 Å². The molecule has 0 fully saturated rings. The Morgan fingerprint density at radius 3 is 1.89 bits per heavy atom. The van der Waals surface area contributed by atoms with Crippen LogP contribution in [-0.4, -0.2) is 26.1 Å². The maximum atomic E-state index is 9.81. The van der Waals surface area contributed by atoms with Gasteiger partial charge < -0.3 is 9.53 Å². The Bertz CT molecular complexity index is 401. The van der Waals surface area contributed by atoms with Gasteiger partial charge in [-0.25, -0.2) is 0 Å². The van der Waals surface area contributed by atoms with Crippen LogP contribution in [0.5, 0.6) is 0 Å². The molecule has 1 unspecified atom stereocenters. The zero-order valence-corrected chi connectivity index (χ0v) is 20.3. The van der Waals surface area contributed by atoms with Gasteiger partial charge >= 0.3 is 0 Å². The molecule has 160 valence electrons. The van der Waals surface area contributed by atoms with Crippen molar-refractivity contribution < 1.29 is 9.53 Å². The van der Waals surface area contributed by atoms with Crippen LogP contribution in [0.15, 0.2) is 0 Å². The summed E-state index contributed by atoms with van der Waals surface area (Å²) in [4.78, 5) is 0. The summed E-state index contributed by atoms with van der Waals surface area (Å²) in [5, 5.41) is 10.1. The molecule has 27 heavy (non-hydrogen) atoms. The van der Waals surface area contributed by atoms with E-state index in [9.17, 15) is 5.11 Å². The Morgan fingerprint density at radius 2 is 1.37 bits per heavy atom. The third kappa shape index (κ3) is 15.3. The van der Waals surface area contributed by atoms with Gasteiger partial charge in [0.2, 0.25) is 0 Å². The lowest BCUT2D eigenvalue weighted by Crippen LogP contribution is -2.40. The van der Waals surface area contributed by atoms with Crippen molar-refractivity contribution in [1.29, 1.82) is 0 Å². The summed E-state index contributed by atoms with van der Waals surface area (Å²) in [6, 6.07) is 0. The summed E-state index contributed by atoms with van der Waals surface area (Å²) >= 11 is 0. The van der Waals surface area contributed by atoms with Crippen LogP contribution in [0.2, 0.25) is 18.1 Å². The minimum atomic E-state index is -1.54. The van der Waals surface area contributed by atoms with Gasteiger partial charge in [-0.15, -0.1) is 5.92 Å². The van der Waals surface area contributed by atoms with Crippen molar-refractivity contribution in [3.05, 3.63) is 0 Å². The molecule has 1 N–H and O–H groups in total. The smallest absolute Gasteiger partial charge is 0.191 e. The summed E-state index contributed by atoms with van der Waals surface area (Å²) in [7, 11) is -1.54. The highest BCUT2D eigenvalue weighted by Crippen LogP contribution is 2.36. The van der Waals surface area contributed by atoms with Crippen LogP contribution < -0.4 is 0 Å². The highest BCUT2D eigenvalue weighted by molar-refractivity contribution is 6.74. The largest absolute Gasteiger partial charge is 0.417 e. The topological polar surface area (TPSA) is 29.5 Å². The van der Waals surface area contributed by atoms with Crippen LogP contribution in [0.25, 0.3) is 0 Å². The Kier molecular flexibility index (Phi) is 15.4. The third-order valence-electron chi connectivity index (χ3n) is 5.81. The fraction of sp³-hybridized carbons (Fsp3) is 0.917. The van der Waals surface area contributed by atoms with Gasteiger partial charge in [0.15, 0.2) is 8.32 Å². The van der Waals surface area contributed by atoms with Crippen LogP contribution in [0, 0.1) is 11.8 Å². The summed E-state index contributed by atoms with van der Waals surface area (Å²) in [5.74, 6) is 6.05. The molecule has 0 aromatic rings. The summed E-state index contributed by atoms with van der Waals surface area (Å²) in [6.45, 7) is 14.7. The lowest BCUT2D eigenvalue weighted by Gasteiger charge is -2.36. The van der Waals surface area contributed by atoms with Gasteiger partial charge in [0.25, 0.3) is 0 Å². The van der Waals surface area contributed by atoms with E-state index in [4.69, 9.17) is 4.43 Å². The van der Waals surface area contributed by atoms with E-state index in [1.54, 1.807) is 0 Å². The first-order valence-electron chi connectivity index (χ1n) is 11.5.